The Morgan fingerprint density at radius 1 is 1.30 bits per heavy atom. The average molecular weight is 283 g/mol. The van der Waals surface area contributed by atoms with E-state index in [0.29, 0.717) is 18.8 Å². The molecule has 0 aliphatic heterocycles. The minimum Gasteiger partial charge on any atom is -0.468 e. The van der Waals surface area contributed by atoms with Crippen LogP contribution < -0.4 is 5.32 Å². The predicted octanol–water partition coefficient (Wildman–Crippen LogP) is 2.66. The Kier molecular flexibility index (Phi) is 5.44. The first-order chi connectivity index (χ1) is 9.57. The number of ether oxygens (including phenoxy) is 2. The molecule has 2 rings (SSSR count). The molecule has 0 aromatic rings. The second kappa shape index (κ2) is 6.90. The van der Waals surface area contributed by atoms with E-state index < -0.39 is 5.54 Å². The maximum Gasteiger partial charge on any atom is 0.328 e. The Hall–Kier alpha value is -0.610. The van der Waals surface area contributed by atoms with Crippen LogP contribution in [-0.4, -0.2) is 37.4 Å². The van der Waals surface area contributed by atoms with Crippen LogP contribution in [0.5, 0.6) is 0 Å². The molecule has 2 aliphatic rings. The molecule has 2 fully saturated rings. The average Bonchev–Trinajstić information content (AvgIpc) is 3.28. The molecular formula is C16H29NO3. The maximum absolute atomic E-state index is 12.0. The third kappa shape index (κ3) is 4.19. The molecule has 2 saturated carbocycles. The summed E-state index contributed by atoms with van der Waals surface area (Å²) in [5.41, 5.74) is -0.699. The number of methoxy groups -OCH3 is 1. The molecule has 4 nitrogen and oxygen atoms in total. The summed E-state index contributed by atoms with van der Waals surface area (Å²) >= 11 is 0. The van der Waals surface area contributed by atoms with Crippen LogP contribution in [-0.2, 0) is 14.3 Å². The highest BCUT2D eigenvalue weighted by Gasteiger charge is 2.40. The molecular weight excluding hydrogens is 254 g/mol. The van der Waals surface area contributed by atoms with Gasteiger partial charge in [0.2, 0.25) is 0 Å². The van der Waals surface area contributed by atoms with Gasteiger partial charge in [0.25, 0.3) is 0 Å². The quantitative estimate of drug-likeness (QED) is 0.730. The summed E-state index contributed by atoms with van der Waals surface area (Å²) in [5.74, 6) is 0.571. The third-order valence-electron chi connectivity index (χ3n) is 4.66. The lowest BCUT2D eigenvalue weighted by molar-refractivity contribution is -0.152. The van der Waals surface area contributed by atoms with Crippen LogP contribution >= 0.6 is 0 Å². The van der Waals surface area contributed by atoms with E-state index in [-0.39, 0.29) is 5.97 Å². The van der Waals surface area contributed by atoms with Crippen LogP contribution in [0.4, 0.5) is 0 Å². The third-order valence-corrected chi connectivity index (χ3v) is 4.66. The Morgan fingerprint density at radius 3 is 2.65 bits per heavy atom. The SMILES string of the molecule is CCC1CCCC(OCC(C)(NC2CC2)C(=O)OC)C1. The van der Waals surface area contributed by atoms with Gasteiger partial charge in [0.15, 0.2) is 0 Å². The van der Waals surface area contributed by atoms with Crippen LogP contribution in [0, 0.1) is 5.92 Å². The lowest BCUT2D eigenvalue weighted by atomic mass is 9.85. The highest BCUT2D eigenvalue weighted by Crippen LogP contribution is 2.29. The number of nitrogens with one attached hydrogen (secondary N) is 1. The van der Waals surface area contributed by atoms with Gasteiger partial charge in [-0.05, 0) is 38.5 Å². The summed E-state index contributed by atoms with van der Waals surface area (Å²) in [4.78, 5) is 12.0. The lowest BCUT2D eigenvalue weighted by Crippen LogP contribution is -2.55. The maximum atomic E-state index is 12.0. The molecule has 0 aromatic carbocycles. The van der Waals surface area contributed by atoms with Crippen molar-refractivity contribution < 1.29 is 14.3 Å². The van der Waals surface area contributed by atoms with Gasteiger partial charge in [-0.3, -0.25) is 5.32 Å². The Labute approximate surface area is 122 Å². The van der Waals surface area contributed by atoms with E-state index in [0.717, 1.165) is 31.6 Å². The standard InChI is InChI=1S/C16H29NO3/c1-4-12-6-5-7-14(10-12)20-11-16(2,15(18)19-3)17-13-8-9-13/h12-14,17H,4-11H2,1-3H3. The molecule has 0 radical (unpaired) electrons. The summed E-state index contributed by atoms with van der Waals surface area (Å²) in [6, 6.07) is 0.456. The fourth-order valence-electron chi connectivity index (χ4n) is 3.11. The van der Waals surface area contributed by atoms with Crippen molar-refractivity contribution in [2.24, 2.45) is 5.92 Å². The van der Waals surface area contributed by atoms with Crippen molar-refractivity contribution in [2.75, 3.05) is 13.7 Å². The summed E-state index contributed by atoms with van der Waals surface area (Å²) < 4.78 is 11.0. The van der Waals surface area contributed by atoms with Gasteiger partial charge in [-0.1, -0.05) is 26.2 Å². The van der Waals surface area contributed by atoms with Gasteiger partial charge >= 0.3 is 5.97 Å². The van der Waals surface area contributed by atoms with Crippen LogP contribution in [0.3, 0.4) is 0 Å². The first-order valence-corrected chi connectivity index (χ1v) is 8.05. The zero-order valence-electron chi connectivity index (χ0n) is 13.1. The zero-order valence-corrected chi connectivity index (χ0v) is 13.1. The Balaban J connectivity index is 1.85. The van der Waals surface area contributed by atoms with Gasteiger partial charge in [0, 0.05) is 6.04 Å². The topological polar surface area (TPSA) is 47.6 Å². The number of carbonyl (C=O) groups is 1. The van der Waals surface area contributed by atoms with E-state index in [2.05, 4.69) is 12.2 Å². The number of hydrogen-bond acceptors (Lipinski definition) is 4. The summed E-state index contributed by atoms with van der Waals surface area (Å²) in [6.07, 6.45) is 8.66. The molecule has 0 spiro atoms. The first-order valence-electron chi connectivity index (χ1n) is 8.05. The molecule has 0 amide bonds. The smallest absolute Gasteiger partial charge is 0.328 e. The van der Waals surface area contributed by atoms with Crippen molar-refractivity contribution in [1.82, 2.24) is 5.32 Å². The van der Waals surface area contributed by atoms with Crippen molar-refractivity contribution >= 4 is 5.97 Å². The highest BCUT2D eigenvalue weighted by molar-refractivity contribution is 5.80. The van der Waals surface area contributed by atoms with Crippen molar-refractivity contribution in [3.8, 4) is 0 Å². The van der Waals surface area contributed by atoms with Gasteiger partial charge in [0.05, 0.1) is 19.8 Å². The molecule has 4 heteroatoms. The molecule has 2 aliphatic carbocycles. The van der Waals surface area contributed by atoms with Crippen molar-refractivity contribution in [3.63, 3.8) is 0 Å². The molecule has 1 N–H and O–H groups in total. The molecule has 3 atom stereocenters. The number of hydrogen-bond donors (Lipinski definition) is 1. The molecule has 20 heavy (non-hydrogen) atoms. The van der Waals surface area contributed by atoms with Gasteiger partial charge in [-0.25, -0.2) is 4.79 Å². The molecule has 116 valence electrons. The molecule has 0 bridgehead atoms. The summed E-state index contributed by atoms with van der Waals surface area (Å²) in [5, 5.41) is 3.38. The molecule has 0 saturated heterocycles. The Bertz CT molecular complexity index is 330. The second-order valence-electron chi connectivity index (χ2n) is 6.62. The lowest BCUT2D eigenvalue weighted by Gasteiger charge is -2.33. The Morgan fingerprint density at radius 2 is 2.05 bits per heavy atom. The van der Waals surface area contributed by atoms with Crippen molar-refractivity contribution in [3.05, 3.63) is 0 Å². The van der Waals surface area contributed by atoms with Crippen molar-refractivity contribution in [2.45, 2.75) is 76.5 Å². The zero-order chi connectivity index (χ0) is 14.6. The fraction of sp³-hybridized carbons (Fsp3) is 0.938. The monoisotopic (exact) mass is 283 g/mol. The van der Waals surface area contributed by atoms with Crippen LogP contribution in [0.1, 0.15) is 58.8 Å². The molecule has 3 unspecified atom stereocenters. The van der Waals surface area contributed by atoms with Crippen molar-refractivity contribution in [1.29, 1.82) is 0 Å². The summed E-state index contributed by atoms with van der Waals surface area (Å²) in [6.45, 7) is 4.56. The van der Waals surface area contributed by atoms with E-state index in [4.69, 9.17) is 9.47 Å². The van der Waals surface area contributed by atoms with E-state index >= 15 is 0 Å². The van der Waals surface area contributed by atoms with E-state index in [9.17, 15) is 4.79 Å². The predicted molar refractivity (Wildman–Crippen MR) is 78.6 cm³/mol. The number of carbonyl (C=O) groups excluding carboxylic acids is 1. The molecule has 0 aromatic heterocycles. The number of esters is 1. The summed E-state index contributed by atoms with van der Waals surface area (Å²) in [7, 11) is 1.45. The van der Waals surface area contributed by atoms with Crippen LogP contribution in [0.25, 0.3) is 0 Å². The number of rotatable bonds is 7. The van der Waals surface area contributed by atoms with E-state index in [1.807, 2.05) is 6.92 Å². The largest absolute Gasteiger partial charge is 0.468 e. The van der Waals surface area contributed by atoms with Gasteiger partial charge in [-0.15, -0.1) is 0 Å². The van der Waals surface area contributed by atoms with Crippen LogP contribution in [0.15, 0.2) is 0 Å². The van der Waals surface area contributed by atoms with Gasteiger partial charge < -0.3 is 9.47 Å². The minimum atomic E-state index is -0.699. The van der Waals surface area contributed by atoms with Gasteiger partial charge in [-0.2, -0.15) is 0 Å². The normalized spacial score (nSPS) is 29.8. The first kappa shape index (κ1) is 15.8. The van der Waals surface area contributed by atoms with Crippen LogP contribution in [0.2, 0.25) is 0 Å². The highest BCUT2D eigenvalue weighted by atomic mass is 16.5. The second-order valence-corrected chi connectivity index (χ2v) is 6.62. The van der Waals surface area contributed by atoms with Gasteiger partial charge in [0.1, 0.15) is 5.54 Å². The molecule has 0 heterocycles. The minimum absolute atomic E-state index is 0.216. The fourth-order valence-corrected chi connectivity index (χ4v) is 3.11. The van der Waals surface area contributed by atoms with E-state index in [1.54, 1.807) is 0 Å². The van der Waals surface area contributed by atoms with E-state index in [1.165, 1.54) is 26.4 Å².